The normalized spacial score (nSPS) is 20.6. The van der Waals surface area contributed by atoms with Crippen LogP contribution in [0.25, 0.3) is 0 Å². The summed E-state index contributed by atoms with van der Waals surface area (Å²) in [5.41, 5.74) is 0. The Morgan fingerprint density at radius 3 is 3.06 bits per heavy atom. The first-order chi connectivity index (χ1) is 8.09. The van der Waals surface area contributed by atoms with Crippen molar-refractivity contribution in [1.82, 2.24) is 9.71 Å². The van der Waals surface area contributed by atoms with Gasteiger partial charge in [-0.3, -0.25) is 4.98 Å². The lowest BCUT2D eigenvalue weighted by Crippen LogP contribution is -2.29. The van der Waals surface area contributed by atoms with Gasteiger partial charge in [-0.2, -0.15) is 11.8 Å². The Kier molecular flexibility index (Phi) is 4.30. The summed E-state index contributed by atoms with van der Waals surface area (Å²) in [6.07, 6.45) is 3.80. The van der Waals surface area contributed by atoms with E-state index in [0.717, 1.165) is 17.9 Å². The Labute approximate surface area is 110 Å². The second-order valence-electron chi connectivity index (χ2n) is 3.89. The predicted octanol–water partition coefficient (Wildman–Crippen LogP) is 1.77. The van der Waals surface area contributed by atoms with E-state index >= 15 is 0 Å². The molecule has 1 saturated heterocycles. The van der Waals surface area contributed by atoms with Gasteiger partial charge in [-0.1, -0.05) is 11.6 Å². The molecule has 0 amide bonds. The van der Waals surface area contributed by atoms with Gasteiger partial charge in [0.25, 0.3) is 0 Å². The number of thioether (sulfide) groups is 1. The molecule has 7 heteroatoms. The second kappa shape index (κ2) is 5.56. The lowest BCUT2D eigenvalue weighted by Gasteiger charge is -2.11. The maximum absolute atomic E-state index is 12.0. The van der Waals surface area contributed by atoms with Crippen molar-refractivity contribution in [3.8, 4) is 0 Å². The van der Waals surface area contributed by atoms with Gasteiger partial charge in [-0.15, -0.1) is 0 Å². The van der Waals surface area contributed by atoms with E-state index in [-0.39, 0.29) is 9.92 Å². The average molecular weight is 293 g/mol. The molecule has 1 N–H and O–H groups in total. The van der Waals surface area contributed by atoms with Crippen LogP contribution in [0.15, 0.2) is 23.4 Å². The summed E-state index contributed by atoms with van der Waals surface area (Å²) >= 11 is 7.70. The summed E-state index contributed by atoms with van der Waals surface area (Å²) in [5, 5.41) is 0.202. The van der Waals surface area contributed by atoms with Gasteiger partial charge < -0.3 is 0 Å². The zero-order valence-corrected chi connectivity index (χ0v) is 11.5. The molecule has 1 aromatic rings. The molecule has 17 heavy (non-hydrogen) atoms. The monoisotopic (exact) mass is 292 g/mol. The molecule has 0 spiro atoms. The highest BCUT2D eigenvalue weighted by Crippen LogP contribution is 2.24. The van der Waals surface area contributed by atoms with Crippen LogP contribution < -0.4 is 4.72 Å². The minimum absolute atomic E-state index is 0.0484. The summed E-state index contributed by atoms with van der Waals surface area (Å²) in [6.45, 7) is 0.473. The van der Waals surface area contributed by atoms with Crippen molar-refractivity contribution in [3.05, 3.63) is 23.5 Å². The summed E-state index contributed by atoms with van der Waals surface area (Å²) < 4.78 is 26.5. The predicted molar refractivity (Wildman–Crippen MR) is 69.9 cm³/mol. The second-order valence-corrected chi connectivity index (χ2v) is 7.18. The fraction of sp³-hybridized carbons (Fsp3) is 0.500. The highest BCUT2D eigenvalue weighted by Gasteiger charge is 2.21. The summed E-state index contributed by atoms with van der Waals surface area (Å²) in [6, 6.07) is 1.47. The molecule has 4 nitrogen and oxygen atoms in total. The van der Waals surface area contributed by atoms with E-state index < -0.39 is 10.0 Å². The van der Waals surface area contributed by atoms with Crippen LogP contribution in [0.1, 0.15) is 6.42 Å². The summed E-state index contributed by atoms with van der Waals surface area (Å²) in [5.74, 6) is 2.55. The van der Waals surface area contributed by atoms with Gasteiger partial charge in [0, 0.05) is 18.9 Å². The molecule has 0 aromatic carbocycles. The quantitative estimate of drug-likeness (QED) is 0.919. The van der Waals surface area contributed by atoms with Crippen LogP contribution in [0.3, 0.4) is 0 Å². The van der Waals surface area contributed by atoms with E-state index in [2.05, 4.69) is 9.71 Å². The van der Waals surface area contributed by atoms with Crippen LogP contribution in [0.5, 0.6) is 0 Å². The van der Waals surface area contributed by atoms with Crippen molar-refractivity contribution in [1.29, 1.82) is 0 Å². The van der Waals surface area contributed by atoms with Gasteiger partial charge in [-0.25, -0.2) is 13.1 Å². The van der Waals surface area contributed by atoms with Crippen molar-refractivity contribution in [2.75, 3.05) is 18.1 Å². The van der Waals surface area contributed by atoms with Gasteiger partial charge in [0.1, 0.15) is 4.90 Å². The Hall–Kier alpha value is -0.300. The van der Waals surface area contributed by atoms with E-state index in [1.807, 2.05) is 11.8 Å². The van der Waals surface area contributed by atoms with E-state index in [0.29, 0.717) is 12.5 Å². The molecule has 1 aliphatic rings. The van der Waals surface area contributed by atoms with E-state index in [9.17, 15) is 8.42 Å². The van der Waals surface area contributed by atoms with Crippen molar-refractivity contribution >= 4 is 33.4 Å². The van der Waals surface area contributed by atoms with Crippen molar-refractivity contribution in [3.63, 3.8) is 0 Å². The molecule has 0 bridgehead atoms. The molecule has 94 valence electrons. The molecular formula is C10H13ClN2O2S2. The molecular weight excluding hydrogens is 280 g/mol. The number of hydrogen-bond acceptors (Lipinski definition) is 4. The molecule has 0 saturated carbocycles. The van der Waals surface area contributed by atoms with E-state index in [1.54, 1.807) is 0 Å². The fourth-order valence-electron chi connectivity index (χ4n) is 1.61. The molecule has 1 fully saturated rings. The third-order valence-corrected chi connectivity index (χ3v) is 5.73. The van der Waals surface area contributed by atoms with Gasteiger partial charge in [0.15, 0.2) is 0 Å². The number of sulfonamides is 1. The van der Waals surface area contributed by atoms with Crippen LogP contribution in [-0.4, -0.2) is 31.5 Å². The van der Waals surface area contributed by atoms with E-state index in [1.165, 1.54) is 18.5 Å². The Bertz CT molecular complexity index is 487. The van der Waals surface area contributed by atoms with Gasteiger partial charge in [-0.05, 0) is 29.9 Å². The van der Waals surface area contributed by atoms with Gasteiger partial charge >= 0.3 is 0 Å². The minimum Gasteiger partial charge on any atom is -0.263 e. The highest BCUT2D eigenvalue weighted by molar-refractivity contribution is 7.99. The Balaban J connectivity index is 2.06. The van der Waals surface area contributed by atoms with Crippen LogP contribution in [-0.2, 0) is 10.0 Å². The molecule has 1 aromatic heterocycles. The number of halogens is 1. The number of rotatable bonds is 4. The lowest BCUT2D eigenvalue weighted by molar-refractivity contribution is 0.545. The zero-order valence-electron chi connectivity index (χ0n) is 9.10. The highest BCUT2D eigenvalue weighted by atomic mass is 35.5. The number of nitrogens with one attached hydrogen (secondary N) is 1. The molecule has 2 heterocycles. The van der Waals surface area contributed by atoms with Crippen molar-refractivity contribution in [2.45, 2.75) is 11.3 Å². The van der Waals surface area contributed by atoms with Crippen molar-refractivity contribution in [2.24, 2.45) is 5.92 Å². The topological polar surface area (TPSA) is 59.1 Å². The Morgan fingerprint density at radius 1 is 1.59 bits per heavy atom. The molecule has 1 atom stereocenters. The molecule has 0 aliphatic carbocycles. The first-order valence-corrected chi connectivity index (χ1v) is 8.28. The van der Waals surface area contributed by atoms with Crippen LogP contribution in [0.4, 0.5) is 0 Å². The van der Waals surface area contributed by atoms with Crippen LogP contribution in [0.2, 0.25) is 5.02 Å². The number of pyridine rings is 1. The standard InChI is InChI=1S/C10H13ClN2O2S2/c11-9-1-3-12-6-10(9)17(14,15)13-5-8-2-4-16-7-8/h1,3,6,8,13H,2,4-5,7H2. The smallest absolute Gasteiger partial charge is 0.243 e. The van der Waals surface area contributed by atoms with Gasteiger partial charge in [0.05, 0.1) is 5.02 Å². The first-order valence-electron chi connectivity index (χ1n) is 5.26. The largest absolute Gasteiger partial charge is 0.263 e. The summed E-state index contributed by atoms with van der Waals surface area (Å²) in [4.78, 5) is 3.83. The molecule has 0 radical (unpaired) electrons. The number of hydrogen-bond donors (Lipinski definition) is 1. The van der Waals surface area contributed by atoms with Crippen LogP contribution in [0, 0.1) is 5.92 Å². The Morgan fingerprint density at radius 2 is 2.41 bits per heavy atom. The lowest BCUT2D eigenvalue weighted by atomic mass is 10.1. The summed E-state index contributed by atoms with van der Waals surface area (Å²) in [7, 11) is -3.53. The fourth-order valence-corrected chi connectivity index (χ4v) is 4.44. The number of nitrogens with zero attached hydrogens (tertiary/aromatic N) is 1. The maximum atomic E-state index is 12.0. The maximum Gasteiger partial charge on any atom is 0.243 e. The number of aromatic nitrogens is 1. The van der Waals surface area contributed by atoms with Gasteiger partial charge in [0.2, 0.25) is 10.0 Å². The SMILES string of the molecule is O=S(=O)(NCC1CCSC1)c1cnccc1Cl. The third kappa shape index (κ3) is 3.34. The zero-order chi connectivity index (χ0) is 12.3. The average Bonchev–Trinajstić information content (AvgIpc) is 2.80. The van der Waals surface area contributed by atoms with Crippen LogP contribution >= 0.6 is 23.4 Å². The third-order valence-electron chi connectivity index (χ3n) is 2.61. The molecule has 1 aliphatic heterocycles. The van der Waals surface area contributed by atoms with Crippen molar-refractivity contribution < 1.29 is 8.42 Å². The van der Waals surface area contributed by atoms with E-state index in [4.69, 9.17) is 11.6 Å². The first kappa shape index (κ1) is 13.1. The molecule has 2 rings (SSSR count). The minimum atomic E-state index is -3.53. The molecule has 1 unspecified atom stereocenters.